The van der Waals surface area contributed by atoms with Crippen molar-refractivity contribution in [2.24, 2.45) is 0 Å². The summed E-state index contributed by atoms with van der Waals surface area (Å²) < 4.78 is 9.30. The molecule has 0 saturated heterocycles. The Kier molecular flexibility index (Phi) is 5.17. The third-order valence-corrected chi connectivity index (χ3v) is 2.69. The van der Waals surface area contributed by atoms with Gasteiger partial charge in [0.15, 0.2) is 0 Å². The van der Waals surface area contributed by atoms with E-state index in [2.05, 4.69) is 4.74 Å². The monoisotopic (exact) mass is 251 g/mol. The summed E-state index contributed by atoms with van der Waals surface area (Å²) in [7, 11) is 4.32. The lowest BCUT2D eigenvalue weighted by molar-refractivity contribution is -0.148. The Morgan fingerprint density at radius 2 is 1.78 bits per heavy atom. The normalized spacial score (nSPS) is 11.5. The van der Waals surface area contributed by atoms with Crippen LogP contribution in [0.2, 0.25) is 0 Å². The largest absolute Gasteiger partial charge is 0.469 e. The lowest BCUT2D eigenvalue weighted by Crippen LogP contribution is -2.41. The fourth-order valence-corrected chi connectivity index (χ4v) is 1.60. The highest BCUT2D eigenvalue weighted by Crippen LogP contribution is 2.17. The molecule has 0 amide bonds. The van der Waals surface area contributed by atoms with Gasteiger partial charge in [0.25, 0.3) is 0 Å². The third-order valence-electron chi connectivity index (χ3n) is 2.69. The number of ether oxygens (including phenoxy) is 2. The van der Waals surface area contributed by atoms with Gasteiger partial charge < -0.3 is 14.4 Å². The first-order valence-corrected chi connectivity index (χ1v) is 5.52. The van der Waals surface area contributed by atoms with Crippen LogP contribution in [0, 0.1) is 0 Å². The summed E-state index contributed by atoms with van der Waals surface area (Å²) in [6, 6.07) is 8.62. The van der Waals surface area contributed by atoms with Gasteiger partial charge in [0.2, 0.25) is 0 Å². The topological polar surface area (TPSA) is 55.8 Å². The molecule has 18 heavy (non-hydrogen) atoms. The molecular weight excluding hydrogens is 234 g/mol. The van der Waals surface area contributed by atoms with E-state index in [0.717, 1.165) is 5.69 Å². The first kappa shape index (κ1) is 14.0. The van der Waals surface area contributed by atoms with Gasteiger partial charge in [-0.25, -0.2) is 4.79 Å². The number of para-hydroxylation sites is 1. The maximum Gasteiger partial charge on any atom is 0.329 e. The number of anilines is 1. The van der Waals surface area contributed by atoms with Crippen LogP contribution in [0.25, 0.3) is 0 Å². The van der Waals surface area contributed by atoms with E-state index < -0.39 is 18.0 Å². The van der Waals surface area contributed by atoms with Crippen molar-refractivity contribution in [3.8, 4) is 0 Å². The molecule has 1 atom stereocenters. The summed E-state index contributed by atoms with van der Waals surface area (Å²) in [5, 5.41) is 0. The van der Waals surface area contributed by atoms with Gasteiger partial charge in [-0.1, -0.05) is 18.2 Å². The zero-order valence-corrected chi connectivity index (χ0v) is 10.8. The van der Waals surface area contributed by atoms with Gasteiger partial charge in [0.05, 0.1) is 20.6 Å². The van der Waals surface area contributed by atoms with Crippen LogP contribution in [0.1, 0.15) is 6.42 Å². The lowest BCUT2D eigenvalue weighted by Gasteiger charge is -2.27. The number of likely N-dealkylation sites (N-methyl/N-ethyl adjacent to an activating group) is 1. The second-order valence-corrected chi connectivity index (χ2v) is 3.77. The van der Waals surface area contributed by atoms with E-state index in [4.69, 9.17) is 4.74 Å². The molecule has 1 aromatic carbocycles. The minimum atomic E-state index is -0.690. The summed E-state index contributed by atoms with van der Waals surface area (Å²) in [5.74, 6) is -0.917. The number of benzene rings is 1. The highest BCUT2D eigenvalue weighted by atomic mass is 16.5. The molecule has 0 aliphatic carbocycles. The molecule has 0 spiro atoms. The van der Waals surface area contributed by atoms with Crippen molar-refractivity contribution in [1.29, 1.82) is 0 Å². The van der Waals surface area contributed by atoms with Crippen molar-refractivity contribution < 1.29 is 19.1 Å². The molecule has 0 bridgehead atoms. The number of methoxy groups -OCH3 is 2. The van der Waals surface area contributed by atoms with E-state index in [-0.39, 0.29) is 6.42 Å². The molecule has 0 unspecified atom stereocenters. The number of nitrogens with zero attached hydrogens (tertiary/aromatic N) is 1. The Balaban J connectivity index is 2.89. The van der Waals surface area contributed by atoms with E-state index in [9.17, 15) is 9.59 Å². The summed E-state index contributed by atoms with van der Waals surface area (Å²) in [5.41, 5.74) is 0.830. The van der Waals surface area contributed by atoms with Crippen molar-refractivity contribution in [2.75, 3.05) is 26.2 Å². The van der Waals surface area contributed by atoms with Gasteiger partial charge in [-0.3, -0.25) is 4.79 Å². The SMILES string of the molecule is COC(=O)C[C@H](C(=O)OC)N(C)c1ccccc1. The van der Waals surface area contributed by atoms with Gasteiger partial charge >= 0.3 is 11.9 Å². The quantitative estimate of drug-likeness (QED) is 0.737. The van der Waals surface area contributed by atoms with Gasteiger partial charge in [-0.15, -0.1) is 0 Å². The molecular formula is C13H17NO4. The fraction of sp³-hybridized carbons (Fsp3) is 0.385. The minimum Gasteiger partial charge on any atom is -0.469 e. The number of carbonyl (C=O) groups is 2. The van der Waals surface area contributed by atoms with Crippen LogP contribution >= 0.6 is 0 Å². The summed E-state index contributed by atoms with van der Waals surface area (Å²) in [6.07, 6.45) is -0.0471. The van der Waals surface area contributed by atoms with Crippen molar-refractivity contribution in [2.45, 2.75) is 12.5 Å². The van der Waals surface area contributed by atoms with Gasteiger partial charge in [-0.05, 0) is 12.1 Å². The van der Waals surface area contributed by atoms with Gasteiger partial charge in [-0.2, -0.15) is 0 Å². The zero-order valence-electron chi connectivity index (χ0n) is 10.8. The Morgan fingerprint density at radius 1 is 1.17 bits per heavy atom. The van der Waals surface area contributed by atoms with Crippen LogP contribution in [-0.2, 0) is 19.1 Å². The van der Waals surface area contributed by atoms with E-state index in [1.54, 1.807) is 11.9 Å². The number of hydrogen-bond donors (Lipinski definition) is 0. The van der Waals surface area contributed by atoms with Crippen LogP contribution in [0.5, 0.6) is 0 Å². The predicted octanol–water partition coefficient (Wildman–Crippen LogP) is 1.23. The lowest BCUT2D eigenvalue weighted by atomic mass is 10.1. The summed E-state index contributed by atoms with van der Waals surface area (Å²) in [6.45, 7) is 0. The highest BCUT2D eigenvalue weighted by Gasteiger charge is 2.27. The van der Waals surface area contributed by atoms with E-state index >= 15 is 0 Å². The Bertz CT molecular complexity index is 405. The zero-order chi connectivity index (χ0) is 13.5. The Hall–Kier alpha value is -2.04. The molecule has 0 aliphatic heterocycles. The van der Waals surface area contributed by atoms with Gasteiger partial charge in [0.1, 0.15) is 6.04 Å². The van der Waals surface area contributed by atoms with Crippen molar-refractivity contribution in [1.82, 2.24) is 0 Å². The second kappa shape index (κ2) is 6.64. The second-order valence-electron chi connectivity index (χ2n) is 3.77. The molecule has 0 aliphatic rings. The minimum absolute atomic E-state index is 0.0471. The molecule has 0 heterocycles. The first-order chi connectivity index (χ1) is 8.60. The van der Waals surface area contributed by atoms with Gasteiger partial charge in [0, 0.05) is 12.7 Å². The Labute approximate surface area is 106 Å². The average molecular weight is 251 g/mol. The molecule has 5 nitrogen and oxygen atoms in total. The molecule has 1 rings (SSSR count). The smallest absolute Gasteiger partial charge is 0.329 e. The summed E-state index contributed by atoms with van der Waals surface area (Å²) >= 11 is 0. The van der Waals surface area contributed by atoms with Crippen molar-refractivity contribution in [3.05, 3.63) is 30.3 Å². The molecule has 0 fully saturated rings. The number of hydrogen-bond acceptors (Lipinski definition) is 5. The van der Waals surface area contributed by atoms with Crippen molar-refractivity contribution >= 4 is 17.6 Å². The molecule has 0 N–H and O–H groups in total. The van der Waals surface area contributed by atoms with Crippen molar-refractivity contribution in [3.63, 3.8) is 0 Å². The first-order valence-electron chi connectivity index (χ1n) is 5.52. The number of esters is 2. The molecule has 0 radical (unpaired) electrons. The highest BCUT2D eigenvalue weighted by molar-refractivity contribution is 5.85. The molecule has 1 aromatic rings. The van der Waals surface area contributed by atoms with Crippen LogP contribution in [-0.4, -0.2) is 39.2 Å². The molecule has 5 heteroatoms. The van der Waals surface area contributed by atoms with Crippen LogP contribution in [0.15, 0.2) is 30.3 Å². The maximum atomic E-state index is 11.7. The molecule has 98 valence electrons. The summed E-state index contributed by atoms with van der Waals surface area (Å²) in [4.78, 5) is 24.7. The molecule has 0 saturated carbocycles. The van der Waals surface area contributed by atoms with Crippen LogP contribution < -0.4 is 4.90 Å². The number of rotatable bonds is 5. The molecule has 0 aromatic heterocycles. The van der Waals surface area contributed by atoms with E-state index in [1.807, 2.05) is 30.3 Å². The van der Waals surface area contributed by atoms with E-state index in [1.165, 1.54) is 14.2 Å². The Morgan fingerprint density at radius 3 is 2.28 bits per heavy atom. The van der Waals surface area contributed by atoms with E-state index in [0.29, 0.717) is 0 Å². The fourth-order valence-electron chi connectivity index (χ4n) is 1.60. The van der Waals surface area contributed by atoms with Crippen LogP contribution in [0.4, 0.5) is 5.69 Å². The third kappa shape index (κ3) is 3.48. The predicted molar refractivity (Wildman–Crippen MR) is 67.3 cm³/mol. The standard InChI is InChI=1S/C13H17NO4/c1-14(10-7-5-4-6-8-10)11(13(16)18-3)9-12(15)17-2/h4-8,11H,9H2,1-3H3/t11-/m1/s1. The maximum absolute atomic E-state index is 11.7. The average Bonchev–Trinajstić information content (AvgIpc) is 2.43. The van der Waals surface area contributed by atoms with Crippen LogP contribution in [0.3, 0.4) is 0 Å². The number of carbonyl (C=O) groups excluding carboxylic acids is 2.